The molecule has 5 aromatic carbocycles. The van der Waals surface area contributed by atoms with Crippen LogP contribution >= 0.6 is 7.82 Å². The molecular formula is C76H93N8O20P. The Bertz CT molecular complexity index is 4190. The van der Waals surface area contributed by atoms with E-state index in [1.165, 1.54) is 22.0 Å². The number of ether oxygens (including phenoxy) is 8. The molecule has 8 aliphatic rings. The van der Waals surface area contributed by atoms with Gasteiger partial charge in [0, 0.05) is 106 Å². The van der Waals surface area contributed by atoms with Gasteiger partial charge in [-0.05, 0) is 100 Å². The number of hydrogen-bond donors (Lipinski definition) is 5. The van der Waals surface area contributed by atoms with Gasteiger partial charge in [-0.1, -0.05) is 81.4 Å². The second-order valence-electron chi connectivity index (χ2n) is 28.7. The molecule has 3 heterocycles. The zero-order chi connectivity index (χ0) is 73.9. The Labute approximate surface area is 608 Å². The Kier molecular flexibility index (Phi) is 22.8. The van der Waals surface area contributed by atoms with Gasteiger partial charge >= 0.3 is 20.0 Å². The average Bonchev–Trinajstić information content (AvgIpc) is 1.38. The highest BCUT2D eigenvalue weighted by atomic mass is 31.2. The van der Waals surface area contributed by atoms with Crippen LogP contribution in [0.15, 0.2) is 97.1 Å². The molecule has 5 aromatic rings. The van der Waals surface area contributed by atoms with Crippen LogP contribution in [0.4, 0.5) is 26.7 Å². The molecule has 5 aliphatic carbocycles. The van der Waals surface area contributed by atoms with Crippen LogP contribution in [0.5, 0.6) is 11.5 Å². The van der Waals surface area contributed by atoms with E-state index in [9.17, 15) is 43.1 Å². The lowest BCUT2D eigenvalue weighted by atomic mass is 9.26. The van der Waals surface area contributed by atoms with E-state index in [-0.39, 0.29) is 141 Å². The quantitative estimate of drug-likeness (QED) is 0.0153. The highest BCUT2D eigenvalue weighted by Gasteiger charge is 3.05. The SMILES string of the molecule is CCC1CN(C(=O)C23CC4C2C2C3C3C2C43C(=O)N2CCc3c2cc(OC(=O)N(C)CCN(C)C(=O)OCc2ccc(NC(=O)CNCC(NC(=O)CCOCCOCCOCCOCCOCCOCCN4C(=O)C=CC4=O)C(C)C)cc2)c2ccccc32)c2cc(OP(=O)(O)O)c3ccccc3c21. The summed E-state index contributed by atoms with van der Waals surface area (Å²) >= 11 is 0. The van der Waals surface area contributed by atoms with Crippen molar-refractivity contribution in [2.24, 2.45) is 52.3 Å². The van der Waals surface area contributed by atoms with Gasteiger partial charge in [-0.15, -0.1) is 0 Å². The van der Waals surface area contributed by atoms with E-state index in [2.05, 4.69) is 22.9 Å². The molecule has 0 spiro atoms. The highest BCUT2D eigenvalue weighted by molar-refractivity contribution is 7.46. The number of rotatable bonds is 39. The number of benzene rings is 5. The van der Waals surface area contributed by atoms with E-state index in [1.54, 1.807) is 56.6 Å². The fourth-order valence-corrected chi connectivity index (χ4v) is 18.0. The van der Waals surface area contributed by atoms with Crippen LogP contribution in [0.2, 0.25) is 0 Å². The fourth-order valence-electron chi connectivity index (χ4n) is 17.6. The second-order valence-corrected chi connectivity index (χ2v) is 29.9. The summed E-state index contributed by atoms with van der Waals surface area (Å²) in [4.78, 5) is 134. The molecule has 13 rings (SSSR count). The van der Waals surface area contributed by atoms with Crippen molar-refractivity contribution in [3.05, 3.63) is 114 Å². The molecular weight excluding hydrogens is 1380 g/mol. The number of nitrogens with zero attached hydrogens (tertiary/aromatic N) is 5. The first kappa shape index (κ1) is 74.8. The maximum atomic E-state index is 15.4. The van der Waals surface area contributed by atoms with Gasteiger partial charge in [0.1, 0.15) is 18.1 Å². The molecule has 8 amide bonds. The maximum Gasteiger partial charge on any atom is 0.524 e. The summed E-state index contributed by atoms with van der Waals surface area (Å²) in [5, 5.41) is 12.0. The van der Waals surface area contributed by atoms with Crippen molar-refractivity contribution in [1.29, 1.82) is 0 Å². The van der Waals surface area contributed by atoms with Gasteiger partial charge < -0.3 is 78.0 Å². The number of fused-ring (bicyclic) bond motifs is 10. The van der Waals surface area contributed by atoms with Crippen molar-refractivity contribution in [3.63, 3.8) is 0 Å². The molecule has 105 heavy (non-hydrogen) atoms. The van der Waals surface area contributed by atoms with Crippen molar-refractivity contribution in [2.45, 2.75) is 65.0 Å². The van der Waals surface area contributed by atoms with Gasteiger partial charge in [0.2, 0.25) is 23.6 Å². The van der Waals surface area contributed by atoms with Gasteiger partial charge in [-0.3, -0.25) is 43.5 Å². The van der Waals surface area contributed by atoms with Gasteiger partial charge in [-0.2, -0.15) is 0 Å². The molecule has 28 nitrogen and oxygen atoms in total. The van der Waals surface area contributed by atoms with E-state index >= 15 is 9.59 Å². The Morgan fingerprint density at radius 3 is 1.84 bits per heavy atom. The van der Waals surface area contributed by atoms with Crippen LogP contribution in [0.25, 0.3) is 21.5 Å². The largest absolute Gasteiger partial charge is 0.524 e. The molecule has 5 saturated carbocycles. The summed E-state index contributed by atoms with van der Waals surface area (Å²) in [7, 11) is -1.76. The monoisotopic (exact) mass is 1470 g/mol. The molecule has 29 heteroatoms. The first-order valence-electron chi connectivity index (χ1n) is 36.3. The molecule has 0 aromatic heterocycles. The zero-order valence-electron chi connectivity index (χ0n) is 59.8. The molecule has 3 aliphatic heterocycles. The van der Waals surface area contributed by atoms with Crippen molar-refractivity contribution in [2.75, 3.05) is 154 Å². The predicted octanol–water partition coefficient (Wildman–Crippen LogP) is 6.80. The maximum absolute atomic E-state index is 15.4. The number of likely N-dealkylation sites (N-methyl/N-ethyl adjacent to an activating group) is 2. The van der Waals surface area contributed by atoms with Gasteiger partial charge in [-0.25, -0.2) is 14.2 Å². The van der Waals surface area contributed by atoms with Crippen LogP contribution in [0.3, 0.4) is 0 Å². The summed E-state index contributed by atoms with van der Waals surface area (Å²) < 4.78 is 62.2. The van der Waals surface area contributed by atoms with E-state index in [4.69, 9.17) is 42.4 Å². The predicted molar refractivity (Wildman–Crippen MR) is 384 cm³/mol. The summed E-state index contributed by atoms with van der Waals surface area (Å²) in [6.07, 6.45) is 3.41. The average molecular weight is 1470 g/mol. The molecule has 5 fully saturated rings. The van der Waals surface area contributed by atoms with Crippen molar-refractivity contribution < 1.29 is 95.1 Å². The molecule has 562 valence electrons. The van der Waals surface area contributed by atoms with Crippen LogP contribution < -0.4 is 35.0 Å². The van der Waals surface area contributed by atoms with Crippen LogP contribution in [0, 0.1) is 52.3 Å². The number of phosphoric acid groups is 1. The van der Waals surface area contributed by atoms with Gasteiger partial charge in [0.25, 0.3) is 11.8 Å². The van der Waals surface area contributed by atoms with E-state index in [0.717, 1.165) is 44.3 Å². The Morgan fingerprint density at radius 2 is 1.24 bits per heavy atom. The fraction of sp³-hybridized carbons (Fsp3) is 0.526. The lowest BCUT2D eigenvalue weighted by molar-refractivity contribution is -0.289. The van der Waals surface area contributed by atoms with Crippen molar-refractivity contribution in [1.82, 2.24) is 25.3 Å². The molecule has 0 saturated heterocycles. The lowest BCUT2D eigenvalue weighted by Crippen LogP contribution is -2.79. The Hall–Kier alpha value is -8.41. The van der Waals surface area contributed by atoms with Crippen LogP contribution in [-0.4, -0.2) is 217 Å². The number of phosphoric ester groups is 1. The number of carbonyl (C=O) groups is 8. The minimum atomic E-state index is -4.92. The van der Waals surface area contributed by atoms with Crippen LogP contribution in [-0.2, 0) is 79.5 Å². The Balaban J connectivity index is 0.490. The molecule has 0 radical (unpaired) electrons. The number of anilines is 3. The molecule has 5 N–H and O–H groups in total. The topological polar surface area (TPSA) is 329 Å². The second kappa shape index (κ2) is 32.0. The third-order valence-corrected chi connectivity index (χ3v) is 23.0. The zero-order valence-corrected chi connectivity index (χ0v) is 60.7. The third-order valence-electron chi connectivity index (χ3n) is 22.6. The third kappa shape index (κ3) is 15.0. The number of carbonyl (C=O) groups excluding carboxylic acids is 8. The van der Waals surface area contributed by atoms with E-state index in [1.807, 2.05) is 66.1 Å². The minimum absolute atomic E-state index is 0.000588. The van der Waals surface area contributed by atoms with Crippen LogP contribution in [0.1, 0.15) is 62.6 Å². The van der Waals surface area contributed by atoms with Crippen molar-refractivity contribution >= 4 is 94.1 Å². The molecule has 10 unspecified atom stereocenters. The minimum Gasteiger partial charge on any atom is -0.445 e. The van der Waals surface area contributed by atoms with Crippen molar-refractivity contribution in [3.8, 4) is 11.5 Å². The Morgan fingerprint density at radius 1 is 0.657 bits per heavy atom. The normalized spacial score (nSPS) is 23.4. The van der Waals surface area contributed by atoms with Gasteiger partial charge in [0.15, 0.2) is 0 Å². The molecule has 0 bridgehead atoms. The molecule has 10 atom stereocenters. The summed E-state index contributed by atoms with van der Waals surface area (Å²) in [5.41, 5.74) is 3.48. The highest BCUT2D eigenvalue weighted by Crippen LogP contribution is 3.03. The lowest BCUT2D eigenvalue weighted by Gasteiger charge is -2.77. The summed E-state index contributed by atoms with van der Waals surface area (Å²) in [5.74, 6) is 0.362. The number of imide groups is 1. The standard InChI is InChI=1S/C76H93N8O20P/c1-6-48-44-84(58-40-60(104-105(93,94)95)53-13-9-10-14-54(53)65(48)58)71(89)75-41-55-67(75)66-68(75)70-69(66)76(55,70)72(90)82-23-21-51-50-11-7-8-12-52(50)59(39-57(51)82)103-74(92)81(5)25-24-80(4)73(91)102-45-47-15-17-49(18-16-47)78-62(86)43-77-42-56(46(2)3)79-61(85)22-27-96-29-31-98-33-35-100-37-38-101-36-34-99-32-30-97-28-26-83-63(87)19-20-64(83)88/h7-20,39-40,46,48,55-56,66-70,77H,6,21-38,41-45H2,1-5H3,(H,78,86)(H,79,85)(H2,93,94,95). The first-order chi connectivity index (χ1) is 50.7. The number of nitrogens with one attached hydrogen (secondary N) is 3. The van der Waals surface area contributed by atoms with E-state index < -0.39 is 30.8 Å². The summed E-state index contributed by atoms with van der Waals surface area (Å²) in [6, 6.07) is 25.2. The first-order valence-corrected chi connectivity index (χ1v) is 37.9. The van der Waals surface area contributed by atoms with Gasteiger partial charge in [0.05, 0.1) is 115 Å². The van der Waals surface area contributed by atoms with E-state index in [0.29, 0.717) is 133 Å². The number of amides is 8. The summed E-state index contributed by atoms with van der Waals surface area (Å²) in [6.45, 7) is 11.9. The number of hydrogen-bond acceptors (Lipinski definition) is 19. The smallest absolute Gasteiger partial charge is 0.445 e.